The predicted octanol–water partition coefficient (Wildman–Crippen LogP) is 2.54. The van der Waals surface area contributed by atoms with Gasteiger partial charge in [0.2, 0.25) is 0 Å². The number of aromatic carboxylic acids is 1. The second kappa shape index (κ2) is 4.50. The summed E-state index contributed by atoms with van der Waals surface area (Å²) in [7, 11) is 0. The van der Waals surface area contributed by atoms with Crippen LogP contribution in [0.15, 0.2) is 24.4 Å². The first-order valence-electron chi connectivity index (χ1n) is 6.44. The van der Waals surface area contributed by atoms with Crippen molar-refractivity contribution in [1.29, 1.82) is 0 Å². The molecule has 0 spiro atoms. The number of fused-ring (bicyclic) bond motifs is 1. The van der Waals surface area contributed by atoms with Crippen LogP contribution in [0.4, 0.5) is 0 Å². The Kier molecular flexibility index (Phi) is 2.81. The smallest absolute Gasteiger partial charge is 0.356 e. The Bertz CT molecular complexity index is 619. The Morgan fingerprint density at radius 3 is 3.00 bits per heavy atom. The number of hydrogen-bond donors (Lipinski definition) is 1. The monoisotopic (exact) mass is 257 g/mol. The highest BCUT2D eigenvalue weighted by Crippen LogP contribution is 2.32. The molecule has 1 aliphatic heterocycles. The van der Waals surface area contributed by atoms with Gasteiger partial charge in [-0.05, 0) is 38.3 Å². The Hall–Kier alpha value is -2.17. The van der Waals surface area contributed by atoms with Crippen LogP contribution in [0.5, 0.6) is 0 Å². The number of pyridine rings is 1. The van der Waals surface area contributed by atoms with Gasteiger partial charge in [0, 0.05) is 12.2 Å². The zero-order chi connectivity index (χ0) is 13.4. The average molecular weight is 257 g/mol. The third kappa shape index (κ3) is 1.91. The van der Waals surface area contributed by atoms with E-state index in [0.717, 1.165) is 30.7 Å². The highest BCUT2D eigenvalue weighted by Gasteiger charge is 2.28. The van der Waals surface area contributed by atoms with Gasteiger partial charge in [0.05, 0.1) is 5.69 Å². The summed E-state index contributed by atoms with van der Waals surface area (Å²) in [5.74, 6) is -0.291. The van der Waals surface area contributed by atoms with Crippen LogP contribution < -0.4 is 0 Å². The Labute approximate surface area is 110 Å². The van der Waals surface area contributed by atoms with E-state index in [2.05, 4.69) is 16.9 Å². The minimum Gasteiger partial charge on any atom is -0.476 e. The maximum Gasteiger partial charge on any atom is 0.356 e. The van der Waals surface area contributed by atoms with Crippen LogP contribution >= 0.6 is 0 Å². The van der Waals surface area contributed by atoms with Gasteiger partial charge in [-0.1, -0.05) is 6.07 Å². The summed E-state index contributed by atoms with van der Waals surface area (Å²) in [6, 6.07) is 5.85. The largest absolute Gasteiger partial charge is 0.476 e. The van der Waals surface area contributed by atoms with Crippen molar-refractivity contribution in [3.8, 4) is 11.5 Å². The lowest BCUT2D eigenvalue weighted by Gasteiger charge is -2.24. The van der Waals surface area contributed by atoms with Crippen molar-refractivity contribution in [3.63, 3.8) is 0 Å². The molecular formula is C14H15N3O2. The molecule has 19 heavy (non-hydrogen) atoms. The normalized spacial score (nSPS) is 18.1. The maximum atomic E-state index is 11.3. The topological polar surface area (TPSA) is 68.0 Å². The Morgan fingerprint density at radius 1 is 1.47 bits per heavy atom. The molecule has 0 saturated heterocycles. The maximum absolute atomic E-state index is 11.3. The highest BCUT2D eigenvalue weighted by molar-refractivity contribution is 5.87. The Balaban J connectivity index is 2.23. The number of rotatable bonds is 2. The zero-order valence-electron chi connectivity index (χ0n) is 10.7. The molecule has 1 atom stereocenters. The lowest BCUT2D eigenvalue weighted by Crippen LogP contribution is -2.17. The molecule has 1 aliphatic rings. The van der Waals surface area contributed by atoms with E-state index in [4.69, 9.17) is 0 Å². The van der Waals surface area contributed by atoms with E-state index in [1.54, 1.807) is 6.20 Å². The molecule has 0 aliphatic carbocycles. The summed E-state index contributed by atoms with van der Waals surface area (Å²) < 4.78 is 2.04. The van der Waals surface area contributed by atoms with Gasteiger partial charge in [-0.2, -0.15) is 0 Å². The van der Waals surface area contributed by atoms with Crippen molar-refractivity contribution < 1.29 is 9.90 Å². The SMILES string of the molecule is CC1CCCc2c(C(=O)O)nc(-c3ccccn3)n21. The van der Waals surface area contributed by atoms with E-state index >= 15 is 0 Å². The van der Waals surface area contributed by atoms with Crippen LogP contribution in [-0.2, 0) is 6.42 Å². The van der Waals surface area contributed by atoms with E-state index in [1.165, 1.54) is 0 Å². The fraction of sp³-hybridized carbons (Fsp3) is 0.357. The summed E-state index contributed by atoms with van der Waals surface area (Å²) >= 11 is 0. The number of hydrogen-bond acceptors (Lipinski definition) is 3. The van der Waals surface area contributed by atoms with Crippen LogP contribution in [-0.4, -0.2) is 25.6 Å². The standard InChI is InChI=1S/C14H15N3O2/c1-9-5-4-7-11-12(14(18)19)16-13(17(9)11)10-6-2-3-8-15-10/h2-3,6,8-9H,4-5,7H2,1H3,(H,18,19). The van der Waals surface area contributed by atoms with E-state index < -0.39 is 5.97 Å². The molecule has 5 heteroatoms. The van der Waals surface area contributed by atoms with Crippen LogP contribution in [0.1, 0.15) is 42.0 Å². The van der Waals surface area contributed by atoms with Gasteiger partial charge in [-0.15, -0.1) is 0 Å². The molecule has 0 saturated carbocycles. The van der Waals surface area contributed by atoms with E-state index in [9.17, 15) is 9.90 Å². The number of aromatic nitrogens is 3. The molecule has 5 nitrogen and oxygen atoms in total. The summed E-state index contributed by atoms with van der Waals surface area (Å²) in [5, 5.41) is 9.29. The molecule has 3 heterocycles. The molecule has 98 valence electrons. The number of nitrogens with zero attached hydrogens (tertiary/aromatic N) is 3. The number of imidazole rings is 1. The predicted molar refractivity (Wildman–Crippen MR) is 70.1 cm³/mol. The quantitative estimate of drug-likeness (QED) is 0.897. The minimum absolute atomic E-state index is 0.173. The summed E-state index contributed by atoms with van der Waals surface area (Å²) in [6.45, 7) is 2.10. The number of carboxylic acids is 1. The number of carbonyl (C=O) groups is 1. The first-order valence-corrected chi connectivity index (χ1v) is 6.44. The average Bonchev–Trinajstić information content (AvgIpc) is 2.81. The third-order valence-corrected chi connectivity index (χ3v) is 3.58. The first-order chi connectivity index (χ1) is 9.18. The van der Waals surface area contributed by atoms with Crippen molar-refractivity contribution >= 4 is 5.97 Å². The van der Waals surface area contributed by atoms with Gasteiger partial charge in [0.25, 0.3) is 0 Å². The van der Waals surface area contributed by atoms with Crippen molar-refractivity contribution in [2.45, 2.75) is 32.2 Å². The van der Waals surface area contributed by atoms with E-state index in [1.807, 2.05) is 22.8 Å². The van der Waals surface area contributed by atoms with Gasteiger partial charge >= 0.3 is 5.97 Å². The van der Waals surface area contributed by atoms with Crippen molar-refractivity contribution in [2.24, 2.45) is 0 Å². The second-order valence-electron chi connectivity index (χ2n) is 4.86. The lowest BCUT2D eigenvalue weighted by molar-refractivity contribution is 0.0689. The molecule has 0 amide bonds. The summed E-state index contributed by atoms with van der Waals surface area (Å²) in [6.07, 6.45) is 4.52. The van der Waals surface area contributed by atoms with Crippen LogP contribution in [0, 0.1) is 0 Å². The van der Waals surface area contributed by atoms with E-state index in [-0.39, 0.29) is 11.7 Å². The van der Waals surface area contributed by atoms with Crippen molar-refractivity contribution in [1.82, 2.24) is 14.5 Å². The highest BCUT2D eigenvalue weighted by atomic mass is 16.4. The molecule has 0 fully saturated rings. The van der Waals surface area contributed by atoms with Gasteiger partial charge in [-0.25, -0.2) is 9.78 Å². The minimum atomic E-state index is -0.958. The molecule has 0 bridgehead atoms. The fourth-order valence-electron chi connectivity index (χ4n) is 2.72. The first kappa shape index (κ1) is 11.9. The molecule has 1 unspecified atom stereocenters. The van der Waals surface area contributed by atoms with Gasteiger partial charge < -0.3 is 9.67 Å². The molecule has 3 rings (SSSR count). The van der Waals surface area contributed by atoms with Crippen LogP contribution in [0.2, 0.25) is 0 Å². The molecule has 2 aromatic rings. The molecule has 0 radical (unpaired) electrons. The molecule has 1 N–H and O–H groups in total. The molecular weight excluding hydrogens is 242 g/mol. The second-order valence-corrected chi connectivity index (χ2v) is 4.86. The molecule has 0 aromatic carbocycles. The molecule has 2 aromatic heterocycles. The van der Waals surface area contributed by atoms with Gasteiger partial charge in [0.15, 0.2) is 11.5 Å². The third-order valence-electron chi connectivity index (χ3n) is 3.58. The van der Waals surface area contributed by atoms with Crippen molar-refractivity contribution in [3.05, 3.63) is 35.8 Å². The number of carboxylic acid groups (broad SMARTS) is 1. The Morgan fingerprint density at radius 2 is 2.32 bits per heavy atom. The zero-order valence-corrected chi connectivity index (χ0v) is 10.7. The lowest BCUT2D eigenvalue weighted by atomic mass is 10.0. The van der Waals surface area contributed by atoms with E-state index in [0.29, 0.717) is 5.82 Å². The van der Waals surface area contributed by atoms with Crippen LogP contribution in [0.3, 0.4) is 0 Å². The van der Waals surface area contributed by atoms with Crippen LogP contribution in [0.25, 0.3) is 11.5 Å². The van der Waals surface area contributed by atoms with Crippen molar-refractivity contribution in [2.75, 3.05) is 0 Å². The fourth-order valence-corrected chi connectivity index (χ4v) is 2.72. The van der Waals surface area contributed by atoms with Gasteiger partial charge in [0.1, 0.15) is 5.69 Å². The van der Waals surface area contributed by atoms with Gasteiger partial charge in [-0.3, -0.25) is 4.98 Å². The summed E-state index contributed by atoms with van der Waals surface area (Å²) in [5.41, 5.74) is 1.73. The summed E-state index contributed by atoms with van der Waals surface area (Å²) in [4.78, 5) is 19.9.